The summed E-state index contributed by atoms with van der Waals surface area (Å²) in [6.45, 7) is 3.69. The Morgan fingerprint density at radius 1 is 1.42 bits per heavy atom. The molecule has 0 saturated heterocycles. The lowest BCUT2D eigenvalue weighted by Crippen LogP contribution is -2.33. The van der Waals surface area contributed by atoms with Crippen molar-refractivity contribution < 1.29 is 18.8 Å². The topological polar surface area (TPSA) is 72.6 Å². The highest BCUT2D eigenvalue weighted by Crippen LogP contribution is 2.19. The molecule has 0 saturated carbocycles. The van der Waals surface area contributed by atoms with Gasteiger partial charge in [0.1, 0.15) is 12.3 Å². The van der Waals surface area contributed by atoms with Gasteiger partial charge in [0, 0.05) is 18.4 Å². The monoisotopic (exact) mass is 286 g/mol. The van der Waals surface area contributed by atoms with Gasteiger partial charge in [-0.25, -0.2) is 0 Å². The number of carbonyl (C=O) groups excluding carboxylic acids is 2. The number of rotatable bonds is 6. The van der Waals surface area contributed by atoms with E-state index in [0.29, 0.717) is 11.5 Å². The third-order valence-electron chi connectivity index (χ3n) is 2.67. The zero-order valence-corrected chi connectivity index (χ0v) is 12.4. The number of aromatic nitrogens is 1. The van der Waals surface area contributed by atoms with Gasteiger partial charge >= 0.3 is 5.97 Å². The molecular weight excluding hydrogens is 268 g/mol. The second-order valence-electron chi connectivity index (χ2n) is 4.12. The fraction of sp³-hybridized carbons (Fsp3) is 0.583. The van der Waals surface area contributed by atoms with Crippen LogP contribution in [0.25, 0.3) is 0 Å². The molecule has 0 aliphatic rings. The first-order valence-electron chi connectivity index (χ1n) is 5.76. The van der Waals surface area contributed by atoms with Crippen LogP contribution in [0.15, 0.2) is 4.52 Å². The van der Waals surface area contributed by atoms with Gasteiger partial charge in [-0.1, -0.05) is 5.16 Å². The van der Waals surface area contributed by atoms with Gasteiger partial charge < -0.3 is 14.2 Å². The molecule has 1 aromatic rings. The zero-order valence-electron chi connectivity index (χ0n) is 11.6. The molecule has 0 unspecified atom stereocenters. The van der Waals surface area contributed by atoms with E-state index in [1.165, 1.54) is 23.8 Å². The van der Waals surface area contributed by atoms with Gasteiger partial charge in [-0.2, -0.15) is 0 Å². The number of aryl methyl sites for hydroxylation is 2. The molecule has 0 N–H and O–H groups in total. The van der Waals surface area contributed by atoms with Gasteiger partial charge in [0.25, 0.3) is 0 Å². The summed E-state index contributed by atoms with van der Waals surface area (Å²) in [5.74, 6) is 1.21. The minimum atomic E-state index is -0.424. The minimum absolute atomic E-state index is 0.0266. The van der Waals surface area contributed by atoms with E-state index in [0.717, 1.165) is 17.0 Å². The van der Waals surface area contributed by atoms with Gasteiger partial charge in [0.15, 0.2) is 0 Å². The molecule has 0 aliphatic carbocycles. The Kier molecular flexibility index (Phi) is 5.88. The number of carbonyl (C=O) groups is 2. The van der Waals surface area contributed by atoms with Gasteiger partial charge in [0.05, 0.1) is 18.6 Å². The van der Waals surface area contributed by atoms with Crippen LogP contribution >= 0.6 is 11.8 Å². The lowest BCUT2D eigenvalue weighted by Gasteiger charge is -2.15. The van der Waals surface area contributed by atoms with Crippen molar-refractivity contribution in [2.45, 2.75) is 19.6 Å². The van der Waals surface area contributed by atoms with Crippen LogP contribution in [0.2, 0.25) is 0 Å². The molecule has 7 heteroatoms. The number of thioether (sulfide) groups is 1. The molecule has 1 rings (SSSR count). The number of nitrogens with zero attached hydrogens (tertiary/aromatic N) is 2. The molecule has 0 aliphatic heterocycles. The first-order chi connectivity index (χ1) is 8.95. The van der Waals surface area contributed by atoms with Crippen molar-refractivity contribution in [3.8, 4) is 0 Å². The fourth-order valence-corrected chi connectivity index (χ4v) is 2.52. The van der Waals surface area contributed by atoms with Crippen LogP contribution in [0.1, 0.15) is 17.0 Å². The van der Waals surface area contributed by atoms with E-state index >= 15 is 0 Å². The largest absolute Gasteiger partial charge is 0.468 e. The summed E-state index contributed by atoms with van der Waals surface area (Å²) in [5, 5.41) is 3.85. The predicted octanol–water partition coefficient (Wildman–Crippen LogP) is 1.16. The molecule has 0 radical (unpaired) electrons. The smallest absolute Gasteiger partial charge is 0.325 e. The molecule has 1 aromatic heterocycles. The van der Waals surface area contributed by atoms with E-state index in [9.17, 15) is 9.59 Å². The summed E-state index contributed by atoms with van der Waals surface area (Å²) in [4.78, 5) is 24.1. The first-order valence-corrected chi connectivity index (χ1v) is 6.91. The second-order valence-corrected chi connectivity index (χ2v) is 5.11. The molecule has 0 aromatic carbocycles. The molecule has 0 spiro atoms. The van der Waals surface area contributed by atoms with Gasteiger partial charge in [0.2, 0.25) is 5.91 Å². The molecule has 6 nitrogen and oxygen atoms in total. The minimum Gasteiger partial charge on any atom is -0.468 e. The van der Waals surface area contributed by atoms with E-state index < -0.39 is 5.97 Å². The highest BCUT2D eigenvalue weighted by Gasteiger charge is 2.14. The van der Waals surface area contributed by atoms with Crippen LogP contribution in [0, 0.1) is 13.8 Å². The van der Waals surface area contributed by atoms with Crippen molar-refractivity contribution in [2.24, 2.45) is 0 Å². The third kappa shape index (κ3) is 4.59. The van der Waals surface area contributed by atoms with Crippen molar-refractivity contribution in [2.75, 3.05) is 26.5 Å². The lowest BCUT2D eigenvalue weighted by molar-refractivity contribution is -0.145. The Morgan fingerprint density at radius 2 is 2.11 bits per heavy atom. The van der Waals surface area contributed by atoms with Crippen LogP contribution in [0.4, 0.5) is 0 Å². The molecule has 0 atom stereocenters. The molecule has 19 heavy (non-hydrogen) atoms. The zero-order chi connectivity index (χ0) is 14.4. The van der Waals surface area contributed by atoms with Crippen LogP contribution in [0.5, 0.6) is 0 Å². The lowest BCUT2D eigenvalue weighted by atomic mass is 10.2. The molecule has 0 bridgehead atoms. The highest BCUT2D eigenvalue weighted by molar-refractivity contribution is 7.99. The summed E-state index contributed by atoms with van der Waals surface area (Å²) < 4.78 is 9.55. The van der Waals surface area contributed by atoms with E-state index in [1.54, 1.807) is 7.05 Å². The van der Waals surface area contributed by atoms with Gasteiger partial charge in [-0.3, -0.25) is 9.59 Å². The predicted molar refractivity (Wildman–Crippen MR) is 71.8 cm³/mol. The van der Waals surface area contributed by atoms with Crippen molar-refractivity contribution in [3.63, 3.8) is 0 Å². The highest BCUT2D eigenvalue weighted by atomic mass is 32.2. The number of hydrogen-bond acceptors (Lipinski definition) is 6. The van der Waals surface area contributed by atoms with Crippen molar-refractivity contribution in [1.29, 1.82) is 0 Å². The summed E-state index contributed by atoms with van der Waals surface area (Å²) in [5.41, 5.74) is 1.87. The Hall–Kier alpha value is -1.50. The first kappa shape index (κ1) is 15.6. The van der Waals surface area contributed by atoms with E-state index in [4.69, 9.17) is 4.52 Å². The molecular formula is C12H18N2O4S. The maximum atomic E-state index is 11.8. The number of hydrogen-bond donors (Lipinski definition) is 0. The van der Waals surface area contributed by atoms with Crippen LogP contribution < -0.4 is 0 Å². The number of likely N-dealkylation sites (N-methyl/N-ethyl adjacent to an activating group) is 1. The standard InChI is InChI=1S/C12H18N2O4S/c1-8-10(9(2)18-13-8)6-19-7-11(15)14(3)5-12(16)17-4/h5-7H2,1-4H3. The maximum Gasteiger partial charge on any atom is 0.325 e. The van der Waals surface area contributed by atoms with E-state index in [1.807, 2.05) is 13.8 Å². The van der Waals surface area contributed by atoms with Crippen molar-refractivity contribution >= 4 is 23.6 Å². The summed E-state index contributed by atoms with van der Waals surface area (Å²) in [7, 11) is 2.88. The average molecular weight is 286 g/mol. The van der Waals surface area contributed by atoms with Crippen molar-refractivity contribution in [1.82, 2.24) is 10.1 Å². The Balaban J connectivity index is 2.37. The normalized spacial score (nSPS) is 10.3. The number of esters is 1. The summed E-state index contributed by atoms with van der Waals surface area (Å²) in [6.07, 6.45) is 0. The summed E-state index contributed by atoms with van der Waals surface area (Å²) >= 11 is 1.47. The quantitative estimate of drug-likeness (QED) is 0.731. The Labute approximate surface area is 116 Å². The second kappa shape index (κ2) is 7.18. The Bertz CT molecular complexity index is 439. The fourth-order valence-electron chi connectivity index (χ4n) is 1.40. The SMILES string of the molecule is COC(=O)CN(C)C(=O)CSCc1c(C)noc1C. The van der Waals surface area contributed by atoms with Gasteiger partial charge in [-0.15, -0.1) is 11.8 Å². The van der Waals surface area contributed by atoms with Crippen LogP contribution in [-0.4, -0.2) is 48.4 Å². The van der Waals surface area contributed by atoms with Crippen LogP contribution in [-0.2, 0) is 20.1 Å². The average Bonchev–Trinajstić information content (AvgIpc) is 2.69. The van der Waals surface area contributed by atoms with Gasteiger partial charge in [-0.05, 0) is 13.8 Å². The molecule has 1 amide bonds. The van der Waals surface area contributed by atoms with E-state index in [2.05, 4.69) is 9.89 Å². The Morgan fingerprint density at radius 3 is 2.63 bits per heavy atom. The summed E-state index contributed by atoms with van der Waals surface area (Å²) in [6, 6.07) is 0. The number of ether oxygens (including phenoxy) is 1. The van der Waals surface area contributed by atoms with E-state index in [-0.39, 0.29) is 12.5 Å². The van der Waals surface area contributed by atoms with Crippen LogP contribution in [0.3, 0.4) is 0 Å². The maximum absolute atomic E-state index is 11.8. The third-order valence-corrected chi connectivity index (χ3v) is 3.62. The molecule has 106 valence electrons. The van der Waals surface area contributed by atoms with Crippen molar-refractivity contribution in [3.05, 3.63) is 17.0 Å². The molecule has 1 heterocycles. The molecule has 0 fully saturated rings. The number of amides is 1. The number of methoxy groups -OCH3 is 1.